The summed E-state index contributed by atoms with van der Waals surface area (Å²) < 4.78 is 5.94. The number of ether oxygens (including phenoxy) is 1. The summed E-state index contributed by atoms with van der Waals surface area (Å²) in [7, 11) is 0. The molecule has 1 aliphatic carbocycles. The van der Waals surface area contributed by atoms with Crippen molar-refractivity contribution in [2.75, 3.05) is 6.61 Å². The van der Waals surface area contributed by atoms with Crippen molar-refractivity contribution in [2.45, 2.75) is 37.3 Å². The molecule has 34 heavy (non-hydrogen) atoms. The molecule has 5 heteroatoms. The third-order valence-corrected chi connectivity index (χ3v) is 7.44. The van der Waals surface area contributed by atoms with Gasteiger partial charge in [-0.15, -0.1) is 0 Å². The summed E-state index contributed by atoms with van der Waals surface area (Å²) in [4.78, 5) is 26.3. The Balaban J connectivity index is 1.18. The number of hydrogen-bond donors (Lipinski definition) is 1. The van der Waals surface area contributed by atoms with Gasteiger partial charge in [0.2, 0.25) is 0 Å². The molecule has 170 valence electrons. The Labute approximate surface area is 198 Å². The Hall–Kier alpha value is -3.86. The quantitative estimate of drug-likeness (QED) is 0.532. The lowest BCUT2D eigenvalue weighted by Gasteiger charge is -2.33. The molecule has 2 atom stereocenters. The summed E-state index contributed by atoms with van der Waals surface area (Å²) >= 11 is 0. The van der Waals surface area contributed by atoms with E-state index in [1.807, 2.05) is 29.2 Å². The molecule has 0 aromatic heterocycles. The molecular weight excluding hydrogens is 426 g/mol. The van der Waals surface area contributed by atoms with Crippen molar-refractivity contribution in [3.05, 3.63) is 101 Å². The summed E-state index contributed by atoms with van der Waals surface area (Å²) in [5.74, 6) is -0.872. The van der Waals surface area contributed by atoms with Crippen LogP contribution in [0.15, 0.2) is 78.9 Å². The molecule has 5 nitrogen and oxygen atoms in total. The fourth-order valence-corrected chi connectivity index (χ4v) is 5.82. The van der Waals surface area contributed by atoms with E-state index in [1.54, 1.807) is 12.1 Å². The fraction of sp³-hybridized carbons (Fsp3) is 0.241. The van der Waals surface area contributed by atoms with Gasteiger partial charge in [-0.25, -0.2) is 9.59 Å². The van der Waals surface area contributed by atoms with Crippen LogP contribution in [0.3, 0.4) is 0 Å². The van der Waals surface area contributed by atoms with E-state index in [1.165, 1.54) is 27.8 Å². The van der Waals surface area contributed by atoms with Gasteiger partial charge in [0.1, 0.15) is 6.61 Å². The van der Waals surface area contributed by atoms with E-state index in [9.17, 15) is 9.59 Å². The third-order valence-electron chi connectivity index (χ3n) is 7.44. The molecule has 3 aromatic carbocycles. The Morgan fingerprint density at radius 1 is 0.882 bits per heavy atom. The van der Waals surface area contributed by atoms with Crippen molar-refractivity contribution in [3.8, 4) is 11.1 Å². The summed E-state index contributed by atoms with van der Waals surface area (Å²) in [5.41, 5.74) is 7.34. The predicted molar refractivity (Wildman–Crippen MR) is 130 cm³/mol. The lowest BCUT2D eigenvalue weighted by molar-refractivity contribution is 0.0696. The van der Waals surface area contributed by atoms with Crippen LogP contribution in [0, 0.1) is 0 Å². The fourth-order valence-electron chi connectivity index (χ4n) is 5.82. The maximum Gasteiger partial charge on any atom is 0.410 e. The van der Waals surface area contributed by atoms with Gasteiger partial charge in [-0.05, 0) is 64.8 Å². The van der Waals surface area contributed by atoms with E-state index in [0.717, 1.165) is 24.8 Å². The van der Waals surface area contributed by atoms with Crippen molar-refractivity contribution < 1.29 is 19.4 Å². The number of benzene rings is 3. The van der Waals surface area contributed by atoms with Gasteiger partial charge < -0.3 is 9.84 Å². The van der Waals surface area contributed by atoms with Gasteiger partial charge in [-0.1, -0.05) is 66.7 Å². The first-order chi connectivity index (χ1) is 16.6. The Morgan fingerprint density at radius 3 is 2.15 bits per heavy atom. The molecule has 0 radical (unpaired) electrons. The van der Waals surface area contributed by atoms with Crippen molar-refractivity contribution in [1.82, 2.24) is 4.90 Å². The van der Waals surface area contributed by atoms with Gasteiger partial charge in [0.05, 0.1) is 11.6 Å². The standard InChI is InChI=1S/C29H25NO4/c31-28(32)19-11-9-18(10-12-19)20-15-21-13-14-22(16-20)30(21)29(33)34-17-27-25-7-3-1-5-23(25)24-6-2-4-8-26(24)27/h1-12,15,21-22,27H,13-14,16-17H2,(H,31,32). The van der Waals surface area contributed by atoms with Crippen LogP contribution >= 0.6 is 0 Å². The van der Waals surface area contributed by atoms with Crippen molar-refractivity contribution >= 4 is 17.6 Å². The topological polar surface area (TPSA) is 66.8 Å². The lowest BCUT2D eigenvalue weighted by Crippen LogP contribution is -2.43. The number of rotatable bonds is 4. The number of hydrogen-bond acceptors (Lipinski definition) is 3. The van der Waals surface area contributed by atoms with E-state index in [2.05, 4.69) is 42.5 Å². The molecule has 2 heterocycles. The first-order valence-corrected chi connectivity index (χ1v) is 11.8. The van der Waals surface area contributed by atoms with Crippen LogP contribution in [0.2, 0.25) is 0 Å². The molecular formula is C29H25NO4. The zero-order valence-corrected chi connectivity index (χ0v) is 18.7. The number of carbonyl (C=O) groups excluding carboxylic acids is 1. The molecule has 2 aliphatic heterocycles. The van der Waals surface area contributed by atoms with Gasteiger partial charge in [-0.2, -0.15) is 0 Å². The average Bonchev–Trinajstić information content (AvgIpc) is 3.33. The zero-order chi connectivity index (χ0) is 23.2. The van der Waals surface area contributed by atoms with Crippen LogP contribution in [-0.2, 0) is 4.74 Å². The minimum absolute atomic E-state index is 0.0172. The second-order valence-electron chi connectivity index (χ2n) is 9.29. The zero-order valence-electron chi connectivity index (χ0n) is 18.7. The SMILES string of the molecule is O=C(O)c1ccc(C2=CC3CCC(C2)N3C(=O)OCC2c3ccccc3-c3ccccc32)cc1. The van der Waals surface area contributed by atoms with Crippen LogP contribution in [0.25, 0.3) is 16.7 Å². The third kappa shape index (κ3) is 3.39. The normalized spacial score (nSPS) is 20.5. The first kappa shape index (κ1) is 20.7. The van der Waals surface area contributed by atoms with Gasteiger partial charge in [0.25, 0.3) is 0 Å². The average molecular weight is 452 g/mol. The van der Waals surface area contributed by atoms with E-state index >= 15 is 0 Å². The second-order valence-corrected chi connectivity index (χ2v) is 9.29. The number of aromatic carboxylic acids is 1. The molecule has 1 amide bonds. The molecule has 3 aliphatic rings. The summed E-state index contributed by atoms with van der Waals surface area (Å²) in [6.07, 6.45) is 4.53. The van der Waals surface area contributed by atoms with Crippen molar-refractivity contribution in [2.24, 2.45) is 0 Å². The highest BCUT2D eigenvalue weighted by molar-refractivity contribution is 5.88. The minimum atomic E-state index is -0.925. The van der Waals surface area contributed by atoms with Crippen LogP contribution in [0.1, 0.15) is 52.2 Å². The van der Waals surface area contributed by atoms with E-state index < -0.39 is 5.97 Å². The highest BCUT2D eigenvalue weighted by atomic mass is 16.6. The van der Waals surface area contributed by atoms with Crippen LogP contribution in [0.5, 0.6) is 0 Å². The molecule has 1 fully saturated rings. The summed E-state index contributed by atoms with van der Waals surface area (Å²) in [5, 5.41) is 9.14. The molecule has 2 unspecified atom stereocenters. The number of amides is 1. The highest BCUT2D eigenvalue weighted by Gasteiger charge is 2.41. The smallest absolute Gasteiger partial charge is 0.410 e. The maximum absolute atomic E-state index is 13.2. The molecule has 0 saturated carbocycles. The molecule has 1 saturated heterocycles. The summed E-state index contributed by atoms with van der Waals surface area (Å²) in [6.45, 7) is 0.329. The molecule has 2 bridgehead atoms. The number of carboxylic acid groups (broad SMARTS) is 1. The van der Waals surface area contributed by atoms with E-state index in [0.29, 0.717) is 6.61 Å². The van der Waals surface area contributed by atoms with Crippen LogP contribution in [-0.4, -0.2) is 40.8 Å². The number of fused-ring (bicyclic) bond motifs is 5. The monoisotopic (exact) mass is 451 g/mol. The van der Waals surface area contributed by atoms with E-state index in [4.69, 9.17) is 9.84 Å². The summed E-state index contributed by atoms with van der Waals surface area (Å²) in [6, 6.07) is 23.8. The highest BCUT2D eigenvalue weighted by Crippen LogP contribution is 2.45. The molecule has 0 spiro atoms. The molecule has 3 aromatic rings. The van der Waals surface area contributed by atoms with Crippen molar-refractivity contribution in [1.29, 1.82) is 0 Å². The number of carboxylic acids is 1. The predicted octanol–water partition coefficient (Wildman–Crippen LogP) is 5.95. The van der Waals surface area contributed by atoms with Crippen LogP contribution in [0.4, 0.5) is 4.79 Å². The minimum Gasteiger partial charge on any atom is -0.478 e. The lowest BCUT2D eigenvalue weighted by atomic mass is 9.94. The maximum atomic E-state index is 13.2. The van der Waals surface area contributed by atoms with Crippen LogP contribution < -0.4 is 0 Å². The second kappa shape index (κ2) is 8.17. The number of carbonyl (C=O) groups is 2. The number of nitrogens with zero attached hydrogens (tertiary/aromatic N) is 1. The van der Waals surface area contributed by atoms with Crippen molar-refractivity contribution in [3.63, 3.8) is 0 Å². The van der Waals surface area contributed by atoms with Gasteiger partial charge in [-0.3, -0.25) is 4.90 Å². The molecule has 1 N–H and O–H groups in total. The first-order valence-electron chi connectivity index (χ1n) is 11.8. The Bertz CT molecular complexity index is 1260. The Kier molecular flexibility index (Phi) is 4.98. The molecule has 6 rings (SSSR count). The van der Waals surface area contributed by atoms with Gasteiger partial charge >= 0.3 is 12.1 Å². The van der Waals surface area contributed by atoms with Gasteiger partial charge in [0.15, 0.2) is 0 Å². The Morgan fingerprint density at radius 2 is 1.53 bits per heavy atom. The van der Waals surface area contributed by atoms with E-state index in [-0.39, 0.29) is 29.7 Å². The largest absolute Gasteiger partial charge is 0.478 e. The van der Waals surface area contributed by atoms with Gasteiger partial charge in [0, 0.05) is 12.0 Å².